The van der Waals surface area contributed by atoms with Gasteiger partial charge in [0.15, 0.2) is 5.78 Å². The van der Waals surface area contributed by atoms with Crippen molar-refractivity contribution in [3.05, 3.63) is 0 Å². The highest BCUT2D eigenvalue weighted by molar-refractivity contribution is 6.05. The third-order valence-electron chi connectivity index (χ3n) is 1.78. The molecule has 0 aromatic heterocycles. The molecule has 0 aliphatic heterocycles. The quantitative estimate of drug-likeness (QED) is 0.550. The molecule has 0 amide bonds. The monoisotopic (exact) mass is 248 g/mol. The molecule has 17 heavy (non-hydrogen) atoms. The maximum absolute atomic E-state index is 10.9. The number of carboxylic acid groups (broad SMARTS) is 1. The number of rotatable bonds is 5. The van der Waals surface area contributed by atoms with E-state index >= 15 is 0 Å². The molecule has 6 heteroatoms. The van der Waals surface area contributed by atoms with E-state index in [9.17, 15) is 14.4 Å². The number of carbonyl (C=O) groups excluding carboxylic acids is 2. The Kier molecular flexibility index (Phi) is 9.18. The van der Waals surface area contributed by atoms with Gasteiger partial charge in [0.1, 0.15) is 0 Å². The maximum Gasteiger partial charge on any atom is 0.343 e. The van der Waals surface area contributed by atoms with Gasteiger partial charge in [-0.2, -0.15) is 0 Å². The lowest BCUT2D eigenvalue weighted by atomic mass is 9.98. The summed E-state index contributed by atoms with van der Waals surface area (Å²) in [5.41, 5.74) is -2.21. The molecule has 0 spiro atoms. The molecule has 0 saturated carbocycles. The SMILES string of the molecule is CCCC(=O)C(C)(O)C(=O)O.CCOC(C)=O. The lowest BCUT2D eigenvalue weighted by Gasteiger charge is -2.14. The number of ketones is 1. The lowest BCUT2D eigenvalue weighted by Crippen LogP contribution is -2.43. The molecular formula is C11H20O6. The van der Waals surface area contributed by atoms with Crippen LogP contribution in [0.4, 0.5) is 0 Å². The number of ether oxygens (including phenoxy) is 1. The van der Waals surface area contributed by atoms with Crippen LogP contribution in [0.15, 0.2) is 0 Å². The van der Waals surface area contributed by atoms with E-state index in [4.69, 9.17) is 10.2 Å². The third kappa shape index (κ3) is 8.38. The second-order valence-corrected chi connectivity index (χ2v) is 3.48. The van der Waals surface area contributed by atoms with Gasteiger partial charge in [0.2, 0.25) is 5.60 Å². The summed E-state index contributed by atoms with van der Waals surface area (Å²) in [5, 5.41) is 17.4. The average Bonchev–Trinajstić information content (AvgIpc) is 2.18. The summed E-state index contributed by atoms with van der Waals surface area (Å²) in [6.45, 7) is 6.39. The first-order valence-corrected chi connectivity index (χ1v) is 5.32. The number of aliphatic hydroxyl groups is 1. The van der Waals surface area contributed by atoms with Crippen molar-refractivity contribution in [3.8, 4) is 0 Å². The molecule has 0 radical (unpaired) electrons. The predicted octanol–water partition coefficient (Wildman–Crippen LogP) is 0.761. The number of hydrogen-bond donors (Lipinski definition) is 2. The Bertz CT molecular complexity index is 269. The molecule has 2 N–H and O–H groups in total. The van der Waals surface area contributed by atoms with Crippen molar-refractivity contribution >= 4 is 17.7 Å². The molecule has 0 rings (SSSR count). The van der Waals surface area contributed by atoms with Crippen LogP contribution in [-0.4, -0.2) is 40.1 Å². The van der Waals surface area contributed by atoms with E-state index in [1.807, 2.05) is 0 Å². The van der Waals surface area contributed by atoms with E-state index in [2.05, 4.69) is 4.74 Å². The molecule has 0 saturated heterocycles. The largest absolute Gasteiger partial charge is 0.479 e. The number of aliphatic carboxylic acids is 1. The summed E-state index contributed by atoms with van der Waals surface area (Å²) < 4.78 is 4.40. The number of hydrogen-bond acceptors (Lipinski definition) is 5. The van der Waals surface area contributed by atoms with Crippen molar-refractivity contribution in [1.29, 1.82) is 0 Å². The smallest absolute Gasteiger partial charge is 0.343 e. The van der Waals surface area contributed by atoms with Crippen molar-refractivity contribution in [2.24, 2.45) is 0 Å². The van der Waals surface area contributed by atoms with Crippen molar-refractivity contribution < 1.29 is 29.3 Å². The van der Waals surface area contributed by atoms with Crippen LogP contribution < -0.4 is 0 Å². The number of Topliss-reactive ketones (excluding diaryl/α,β-unsaturated/α-hetero) is 1. The number of esters is 1. The van der Waals surface area contributed by atoms with Crippen LogP contribution in [0, 0.1) is 0 Å². The molecule has 6 nitrogen and oxygen atoms in total. The molecule has 1 atom stereocenters. The van der Waals surface area contributed by atoms with Gasteiger partial charge in [-0.15, -0.1) is 0 Å². The second kappa shape index (κ2) is 8.69. The van der Waals surface area contributed by atoms with Gasteiger partial charge in [-0.3, -0.25) is 9.59 Å². The first-order chi connectivity index (χ1) is 7.69. The van der Waals surface area contributed by atoms with Crippen LogP contribution in [-0.2, 0) is 19.1 Å². The van der Waals surface area contributed by atoms with Crippen LogP contribution in [0.1, 0.15) is 40.5 Å². The minimum atomic E-state index is -2.21. The zero-order valence-corrected chi connectivity index (χ0v) is 10.6. The lowest BCUT2D eigenvalue weighted by molar-refractivity contribution is -0.163. The van der Waals surface area contributed by atoms with Crippen LogP contribution >= 0.6 is 0 Å². The van der Waals surface area contributed by atoms with Crippen LogP contribution in [0.25, 0.3) is 0 Å². The highest BCUT2D eigenvalue weighted by Crippen LogP contribution is 2.08. The van der Waals surface area contributed by atoms with Gasteiger partial charge >= 0.3 is 11.9 Å². The molecule has 0 aromatic carbocycles. The summed E-state index contributed by atoms with van der Waals surface area (Å²) >= 11 is 0. The Labute approximate surface area is 101 Å². The third-order valence-corrected chi connectivity index (χ3v) is 1.78. The molecule has 100 valence electrons. The topological polar surface area (TPSA) is 101 Å². The normalized spacial score (nSPS) is 12.8. The Morgan fingerprint density at radius 3 is 1.88 bits per heavy atom. The minimum absolute atomic E-state index is 0.0965. The van der Waals surface area contributed by atoms with Crippen LogP contribution in [0.2, 0.25) is 0 Å². The zero-order chi connectivity index (χ0) is 14.1. The van der Waals surface area contributed by atoms with Gasteiger partial charge in [0.25, 0.3) is 0 Å². The fraction of sp³-hybridized carbons (Fsp3) is 0.727. The minimum Gasteiger partial charge on any atom is -0.479 e. The maximum atomic E-state index is 10.9. The van der Waals surface area contributed by atoms with Gasteiger partial charge in [-0.05, 0) is 20.3 Å². The summed E-state index contributed by atoms with van der Waals surface area (Å²) in [5.74, 6) is -2.35. The molecule has 0 heterocycles. The standard InChI is InChI=1S/C7H12O4.C4H8O2/c1-3-4-5(8)7(2,11)6(9)10;1-3-6-4(2)5/h11H,3-4H2,1-2H3,(H,9,10);3H2,1-2H3. The summed E-state index contributed by atoms with van der Waals surface area (Å²) in [7, 11) is 0. The van der Waals surface area contributed by atoms with E-state index in [-0.39, 0.29) is 12.4 Å². The molecule has 0 aliphatic rings. The van der Waals surface area contributed by atoms with Gasteiger partial charge in [-0.25, -0.2) is 4.79 Å². The van der Waals surface area contributed by atoms with Gasteiger partial charge in [-0.1, -0.05) is 6.92 Å². The van der Waals surface area contributed by atoms with Crippen LogP contribution in [0.3, 0.4) is 0 Å². The van der Waals surface area contributed by atoms with Crippen molar-refractivity contribution in [1.82, 2.24) is 0 Å². The Morgan fingerprint density at radius 1 is 1.24 bits per heavy atom. The van der Waals surface area contributed by atoms with Crippen LogP contribution in [0.5, 0.6) is 0 Å². The number of carboxylic acids is 1. The first kappa shape index (κ1) is 17.9. The summed E-state index contributed by atoms with van der Waals surface area (Å²) in [6.07, 6.45) is 0.640. The van der Waals surface area contributed by atoms with Crippen molar-refractivity contribution in [2.75, 3.05) is 6.61 Å². The van der Waals surface area contributed by atoms with E-state index in [1.54, 1.807) is 13.8 Å². The molecule has 0 fully saturated rings. The number of carbonyl (C=O) groups is 3. The molecule has 1 unspecified atom stereocenters. The Morgan fingerprint density at radius 2 is 1.71 bits per heavy atom. The fourth-order valence-corrected chi connectivity index (χ4v) is 0.793. The highest BCUT2D eigenvalue weighted by atomic mass is 16.5. The fourth-order valence-electron chi connectivity index (χ4n) is 0.793. The van der Waals surface area contributed by atoms with Crippen molar-refractivity contribution in [2.45, 2.75) is 46.1 Å². The van der Waals surface area contributed by atoms with Gasteiger partial charge < -0.3 is 14.9 Å². The molecule has 0 aliphatic carbocycles. The summed E-state index contributed by atoms with van der Waals surface area (Å²) in [6, 6.07) is 0. The van der Waals surface area contributed by atoms with E-state index in [1.165, 1.54) is 6.92 Å². The Hall–Kier alpha value is -1.43. The molecular weight excluding hydrogens is 228 g/mol. The van der Waals surface area contributed by atoms with Crippen molar-refractivity contribution in [3.63, 3.8) is 0 Å². The van der Waals surface area contributed by atoms with E-state index in [0.717, 1.165) is 6.92 Å². The van der Waals surface area contributed by atoms with E-state index in [0.29, 0.717) is 13.0 Å². The Balaban J connectivity index is 0. The zero-order valence-electron chi connectivity index (χ0n) is 10.6. The van der Waals surface area contributed by atoms with Gasteiger partial charge in [0.05, 0.1) is 6.61 Å². The molecule has 0 aromatic rings. The first-order valence-electron chi connectivity index (χ1n) is 5.32. The predicted molar refractivity (Wildman–Crippen MR) is 60.5 cm³/mol. The van der Waals surface area contributed by atoms with Gasteiger partial charge in [0, 0.05) is 13.3 Å². The average molecular weight is 248 g/mol. The van der Waals surface area contributed by atoms with E-state index < -0.39 is 17.4 Å². The second-order valence-electron chi connectivity index (χ2n) is 3.48. The highest BCUT2D eigenvalue weighted by Gasteiger charge is 2.37. The summed E-state index contributed by atoms with van der Waals surface area (Å²) in [4.78, 5) is 31.0. The molecule has 0 bridgehead atoms.